The standard InChI is InChI=1S/C30H49N5O5/c1-9-40-25-23(18(2)3)33-27(38)29(7,34-25)16-22(36)32-24(19(4)5)26(37)35-17-20(6)15-30(35,8)28(39)31-21-13-11-10-12-14-21/h18-19,21,23-24H,6,9-17H2,1-5,7-8H3,(H,31,39)(H,32,36)(H,33,38)/t23-,24-,29+,30-/m0/s1. The summed E-state index contributed by atoms with van der Waals surface area (Å²) >= 11 is 0. The zero-order chi connectivity index (χ0) is 29.8. The first-order chi connectivity index (χ1) is 18.7. The normalized spacial score (nSPS) is 28.3. The third-order valence-corrected chi connectivity index (χ3v) is 8.38. The van der Waals surface area contributed by atoms with Crippen LogP contribution in [0.25, 0.3) is 0 Å². The second-order valence-corrected chi connectivity index (χ2v) is 12.8. The largest absolute Gasteiger partial charge is 0.480 e. The molecule has 0 bridgehead atoms. The average molecular weight is 560 g/mol. The average Bonchev–Trinajstić information content (AvgIpc) is 3.19. The van der Waals surface area contributed by atoms with Crippen LogP contribution in [-0.4, -0.2) is 76.8 Å². The number of amides is 4. The maximum Gasteiger partial charge on any atom is 0.248 e. The first-order valence-electron chi connectivity index (χ1n) is 14.8. The first-order valence-corrected chi connectivity index (χ1v) is 14.8. The number of ether oxygens (including phenoxy) is 1. The van der Waals surface area contributed by atoms with Crippen LogP contribution in [0.5, 0.6) is 0 Å². The lowest BCUT2D eigenvalue weighted by Crippen LogP contribution is -2.62. The Hall–Kier alpha value is -2.91. The molecule has 1 aliphatic carbocycles. The molecule has 2 heterocycles. The lowest BCUT2D eigenvalue weighted by Gasteiger charge is -2.38. The van der Waals surface area contributed by atoms with Crippen molar-refractivity contribution in [1.29, 1.82) is 0 Å². The molecule has 4 amide bonds. The van der Waals surface area contributed by atoms with Gasteiger partial charge >= 0.3 is 0 Å². The van der Waals surface area contributed by atoms with Crippen LogP contribution in [0.4, 0.5) is 0 Å². The molecule has 0 radical (unpaired) electrons. The van der Waals surface area contributed by atoms with E-state index in [1.54, 1.807) is 18.7 Å². The summed E-state index contributed by atoms with van der Waals surface area (Å²) in [7, 11) is 0. The van der Waals surface area contributed by atoms with Crippen molar-refractivity contribution in [2.75, 3.05) is 13.2 Å². The molecule has 3 rings (SSSR count). The molecule has 1 saturated carbocycles. The van der Waals surface area contributed by atoms with E-state index >= 15 is 0 Å². The lowest BCUT2D eigenvalue weighted by atomic mass is 9.90. The van der Waals surface area contributed by atoms with Crippen LogP contribution in [0, 0.1) is 11.8 Å². The Kier molecular flexibility index (Phi) is 10.1. The number of carbonyl (C=O) groups excluding carboxylic acids is 4. The molecule has 2 fully saturated rings. The molecule has 224 valence electrons. The maximum absolute atomic E-state index is 13.9. The van der Waals surface area contributed by atoms with Gasteiger partial charge in [-0.1, -0.05) is 59.1 Å². The number of carbonyl (C=O) groups is 4. The Morgan fingerprint density at radius 2 is 1.80 bits per heavy atom. The molecule has 10 nitrogen and oxygen atoms in total. The molecule has 0 unspecified atom stereocenters. The first kappa shape index (κ1) is 31.6. The van der Waals surface area contributed by atoms with Gasteiger partial charge in [0.05, 0.1) is 13.0 Å². The fourth-order valence-electron chi connectivity index (χ4n) is 5.93. The van der Waals surface area contributed by atoms with E-state index < -0.39 is 23.0 Å². The maximum atomic E-state index is 13.9. The summed E-state index contributed by atoms with van der Waals surface area (Å²) in [5, 5.41) is 8.98. The summed E-state index contributed by atoms with van der Waals surface area (Å²) in [5.41, 5.74) is -1.66. The summed E-state index contributed by atoms with van der Waals surface area (Å²) in [6, 6.07) is -1.13. The van der Waals surface area contributed by atoms with Crippen LogP contribution in [0.1, 0.15) is 93.4 Å². The van der Waals surface area contributed by atoms with E-state index in [1.165, 1.54) is 6.42 Å². The van der Waals surface area contributed by atoms with Crippen molar-refractivity contribution >= 4 is 29.5 Å². The fraction of sp³-hybridized carbons (Fsp3) is 0.767. The van der Waals surface area contributed by atoms with Gasteiger partial charge in [-0.05, 0) is 45.4 Å². The van der Waals surface area contributed by atoms with Gasteiger partial charge in [-0.3, -0.25) is 19.2 Å². The molecule has 4 atom stereocenters. The highest BCUT2D eigenvalue weighted by Crippen LogP contribution is 2.34. The molecule has 3 N–H and O–H groups in total. The van der Waals surface area contributed by atoms with Crippen LogP contribution in [-0.2, 0) is 23.9 Å². The van der Waals surface area contributed by atoms with E-state index in [4.69, 9.17) is 4.74 Å². The lowest BCUT2D eigenvalue weighted by molar-refractivity contribution is -0.148. The number of nitrogens with zero attached hydrogens (tertiary/aromatic N) is 2. The Labute approximate surface area is 239 Å². The van der Waals surface area contributed by atoms with Gasteiger partial charge in [0, 0.05) is 19.0 Å². The summed E-state index contributed by atoms with van der Waals surface area (Å²) in [4.78, 5) is 60.0. The van der Waals surface area contributed by atoms with E-state index in [2.05, 4.69) is 27.5 Å². The van der Waals surface area contributed by atoms with E-state index in [0.29, 0.717) is 18.9 Å². The molecule has 3 aliphatic rings. The third kappa shape index (κ3) is 6.86. The minimum Gasteiger partial charge on any atom is -0.480 e. The molecule has 0 aromatic rings. The second-order valence-electron chi connectivity index (χ2n) is 12.8. The summed E-state index contributed by atoms with van der Waals surface area (Å²) in [5.74, 6) is -1.13. The molecule has 0 spiro atoms. The third-order valence-electron chi connectivity index (χ3n) is 8.38. The van der Waals surface area contributed by atoms with Gasteiger partial charge in [-0.15, -0.1) is 0 Å². The number of likely N-dealkylation sites (tertiary alicyclic amines) is 1. The van der Waals surface area contributed by atoms with Crippen molar-refractivity contribution in [1.82, 2.24) is 20.9 Å². The highest BCUT2D eigenvalue weighted by Gasteiger charge is 2.50. The van der Waals surface area contributed by atoms with Crippen LogP contribution in [0.2, 0.25) is 0 Å². The fourth-order valence-corrected chi connectivity index (χ4v) is 5.93. The van der Waals surface area contributed by atoms with Gasteiger partial charge < -0.3 is 25.6 Å². The molecule has 10 heteroatoms. The molecule has 2 aliphatic heterocycles. The minimum atomic E-state index is -1.37. The number of aliphatic imine (C=N–C) groups is 1. The zero-order valence-electron chi connectivity index (χ0n) is 25.4. The van der Waals surface area contributed by atoms with Crippen molar-refractivity contribution in [3.05, 3.63) is 12.2 Å². The van der Waals surface area contributed by atoms with Crippen LogP contribution in [0.3, 0.4) is 0 Å². The quantitative estimate of drug-likeness (QED) is 0.374. The molecule has 1 saturated heterocycles. The van der Waals surface area contributed by atoms with E-state index in [0.717, 1.165) is 31.3 Å². The predicted octanol–water partition coefficient (Wildman–Crippen LogP) is 2.86. The highest BCUT2D eigenvalue weighted by molar-refractivity contribution is 6.01. The summed E-state index contributed by atoms with van der Waals surface area (Å²) < 4.78 is 5.71. The van der Waals surface area contributed by atoms with Crippen LogP contribution >= 0.6 is 0 Å². The minimum absolute atomic E-state index is 0.0652. The highest BCUT2D eigenvalue weighted by atomic mass is 16.5. The Morgan fingerprint density at radius 3 is 2.38 bits per heavy atom. The van der Waals surface area contributed by atoms with Gasteiger partial charge in [-0.2, -0.15) is 0 Å². The topological polar surface area (TPSA) is 129 Å². The zero-order valence-corrected chi connectivity index (χ0v) is 25.4. The number of rotatable bonds is 9. The van der Waals surface area contributed by atoms with Gasteiger partial charge in [-0.25, -0.2) is 4.99 Å². The van der Waals surface area contributed by atoms with Gasteiger partial charge in [0.25, 0.3) is 0 Å². The van der Waals surface area contributed by atoms with E-state index in [1.807, 2.05) is 34.6 Å². The van der Waals surface area contributed by atoms with Crippen molar-refractivity contribution in [2.24, 2.45) is 16.8 Å². The number of hydrogen-bond acceptors (Lipinski definition) is 6. The van der Waals surface area contributed by atoms with Crippen LogP contribution < -0.4 is 16.0 Å². The Morgan fingerprint density at radius 1 is 1.15 bits per heavy atom. The molecule has 0 aromatic carbocycles. The van der Waals surface area contributed by atoms with Gasteiger partial charge in [0.2, 0.25) is 29.5 Å². The van der Waals surface area contributed by atoms with Crippen molar-refractivity contribution < 1.29 is 23.9 Å². The monoisotopic (exact) mass is 559 g/mol. The second kappa shape index (κ2) is 12.7. The van der Waals surface area contributed by atoms with Gasteiger partial charge in [0.1, 0.15) is 23.2 Å². The predicted molar refractivity (Wildman–Crippen MR) is 155 cm³/mol. The molecular formula is C30H49N5O5. The van der Waals surface area contributed by atoms with E-state index in [-0.39, 0.29) is 54.6 Å². The number of nitrogens with one attached hydrogen (secondary N) is 3. The van der Waals surface area contributed by atoms with Crippen molar-refractivity contribution in [3.8, 4) is 0 Å². The Bertz CT molecular complexity index is 1030. The SMILES string of the molecule is C=C1CN(C(=O)[C@@H](NC(=O)C[C@@]2(C)N=C(OCC)[C@H](C(C)C)NC2=O)C(C)C)[C@](C)(C(=O)NC2CCCCC2)C1. The molecule has 40 heavy (non-hydrogen) atoms. The Balaban J connectivity index is 1.77. The molecule has 0 aromatic heterocycles. The summed E-state index contributed by atoms with van der Waals surface area (Å²) in [6.07, 6.45) is 5.37. The molecular weight excluding hydrogens is 510 g/mol. The van der Waals surface area contributed by atoms with Gasteiger partial charge in [0.15, 0.2) is 0 Å². The van der Waals surface area contributed by atoms with Crippen LogP contribution in [0.15, 0.2) is 17.1 Å². The van der Waals surface area contributed by atoms with Crippen molar-refractivity contribution in [3.63, 3.8) is 0 Å². The smallest absolute Gasteiger partial charge is 0.248 e. The number of hydrogen-bond donors (Lipinski definition) is 3. The van der Waals surface area contributed by atoms with Crippen molar-refractivity contribution in [2.45, 2.75) is 123 Å². The summed E-state index contributed by atoms with van der Waals surface area (Å²) in [6.45, 7) is 17.6. The van der Waals surface area contributed by atoms with E-state index in [9.17, 15) is 19.2 Å².